The molecule has 0 aliphatic carbocycles. The lowest BCUT2D eigenvalue weighted by molar-refractivity contribution is 0.0954. The fourth-order valence-electron chi connectivity index (χ4n) is 1.53. The van der Waals surface area contributed by atoms with Gasteiger partial charge in [0, 0.05) is 22.2 Å². The van der Waals surface area contributed by atoms with E-state index < -0.39 is 5.91 Å². The van der Waals surface area contributed by atoms with E-state index in [0.29, 0.717) is 10.6 Å². The summed E-state index contributed by atoms with van der Waals surface area (Å²) in [7, 11) is 0. The van der Waals surface area contributed by atoms with Crippen LogP contribution in [0.4, 0.5) is 0 Å². The van der Waals surface area contributed by atoms with Crippen molar-refractivity contribution in [2.45, 2.75) is 0 Å². The van der Waals surface area contributed by atoms with Crippen molar-refractivity contribution in [1.82, 2.24) is 5.43 Å². The van der Waals surface area contributed by atoms with Gasteiger partial charge in [-0.3, -0.25) is 4.79 Å². The molecule has 0 aromatic heterocycles. The van der Waals surface area contributed by atoms with Crippen LogP contribution < -0.4 is 5.43 Å². The van der Waals surface area contributed by atoms with Crippen molar-refractivity contribution in [1.29, 1.82) is 0 Å². The number of hydrogen-bond acceptors (Lipinski definition) is 4. The van der Waals surface area contributed by atoms with E-state index in [1.807, 2.05) is 0 Å². The largest absolute Gasteiger partial charge is 0.508 e. The molecule has 0 saturated carbocycles. The van der Waals surface area contributed by atoms with E-state index in [4.69, 9.17) is 11.6 Å². The Kier molecular flexibility index (Phi) is 7.60. The number of phenols is 2. The molecule has 0 spiro atoms. The minimum Gasteiger partial charge on any atom is -0.508 e. The number of amides is 1. The lowest BCUT2D eigenvalue weighted by Gasteiger charge is -2.02. The molecule has 2 rings (SSSR count). The Hall–Kier alpha value is -2.61. The molecule has 1 amide bonds. The smallest absolute Gasteiger partial charge is 0.271 e. The molecule has 7 N–H and O–H groups in total. The van der Waals surface area contributed by atoms with Gasteiger partial charge in [-0.1, -0.05) is 29.8 Å². The second-order valence-corrected chi connectivity index (χ2v) is 4.37. The third-order valence-electron chi connectivity index (χ3n) is 2.44. The molecule has 0 fully saturated rings. The van der Waals surface area contributed by atoms with E-state index in [2.05, 4.69) is 10.5 Å². The van der Waals surface area contributed by atoms with Gasteiger partial charge in [0.05, 0.1) is 6.21 Å². The number of nitrogens with one attached hydrogen (secondary N) is 1. The number of hydrazone groups is 1. The lowest BCUT2D eigenvalue weighted by Crippen LogP contribution is -2.17. The summed E-state index contributed by atoms with van der Waals surface area (Å²) in [4.78, 5) is 11.7. The summed E-state index contributed by atoms with van der Waals surface area (Å²) >= 11 is 5.93. The summed E-state index contributed by atoms with van der Waals surface area (Å²) in [5.41, 5.74) is 3.04. The average Bonchev–Trinajstić information content (AvgIpc) is 2.39. The molecule has 0 saturated heterocycles. The van der Waals surface area contributed by atoms with Crippen molar-refractivity contribution in [2.24, 2.45) is 5.10 Å². The molecule has 0 unspecified atom stereocenters. The van der Waals surface area contributed by atoms with Gasteiger partial charge in [-0.15, -0.1) is 0 Å². The van der Waals surface area contributed by atoms with Crippen molar-refractivity contribution >= 4 is 23.7 Å². The van der Waals surface area contributed by atoms with Crippen molar-refractivity contribution < 1.29 is 26.0 Å². The normalized spacial score (nSPS) is 9.68. The van der Waals surface area contributed by atoms with Gasteiger partial charge < -0.3 is 21.2 Å². The molecule has 7 nitrogen and oxygen atoms in total. The van der Waals surface area contributed by atoms with Gasteiger partial charge in [0.1, 0.15) is 11.5 Å². The van der Waals surface area contributed by atoms with E-state index in [-0.39, 0.29) is 28.0 Å². The van der Waals surface area contributed by atoms with E-state index in [1.165, 1.54) is 18.3 Å². The summed E-state index contributed by atoms with van der Waals surface area (Å²) in [6.45, 7) is 0. The zero-order chi connectivity index (χ0) is 14.5. The van der Waals surface area contributed by atoms with Crippen LogP contribution in [0.1, 0.15) is 15.9 Å². The first kappa shape index (κ1) is 19.4. The number of carbonyl (C=O) groups excluding carboxylic acids is 1. The summed E-state index contributed by atoms with van der Waals surface area (Å²) in [6, 6.07) is 10.6. The van der Waals surface area contributed by atoms with E-state index >= 15 is 0 Å². The molecule has 0 atom stereocenters. The molecule has 0 aliphatic heterocycles. The number of rotatable bonds is 3. The first-order valence-electron chi connectivity index (χ1n) is 5.67. The van der Waals surface area contributed by atoms with E-state index in [9.17, 15) is 15.0 Å². The van der Waals surface area contributed by atoms with Crippen LogP contribution >= 0.6 is 11.6 Å². The highest BCUT2D eigenvalue weighted by Gasteiger charge is 2.07. The molecule has 2 aromatic rings. The Morgan fingerprint density at radius 2 is 1.68 bits per heavy atom. The highest BCUT2D eigenvalue weighted by Crippen LogP contribution is 2.20. The van der Waals surface area contributed by atoms with Crippen LogP contribution in [-0.4, -0.2) is 33.3 Å². The number of aromatic hydroxyl groups is 2. The van der Waals surface area contributed by atoms with Gasteiger partial charge in [-0.2, -0.15) is 5.10 Å². The zero-order valence-electron chi connectivity index (χ0n) is 11.2. The maximum atomic E-state index is 11.7. The standard InChI is InChI=1S/C14H11ClN2O3.2H2O/c15-13-4-2-1-3-9(13)8-16-17-14(20)10-5-11(18)7-12(19)6-10;;/h1-8,18-19H,(H,17,20);2*1H2/b16-8+;;. The quantitative estimate of drug-likeness (QED) is 0.568. The minimum atomic E-state index is -0.556. The fourth-order valence-corrected chi connectivity index (χ4v) is 1.72. The Morgan fingerprint density at radius 1 is 1.09 bits per heavy atom. The van der Waals surface area contributed by atoms with E-state index in [0.717, 1.165) is 6.07 Å². The Labute approximate surface area is 131 Å². The highest BCUT2D eigenvalue weighted by atomic mass is 35.5. The number of nitrogens with zero attached hydrogens (tertiary/aromatic N) is 1. The molecule has 8 heteroatoms. The average molecular weight is 327 g/mol. The highest BCUT2D eigenvalue weighted by molar-refractivity contribution is 6.33. The second-order valence-electron chi connectivity index (χ2n) is 3.96. The number of phenolic OH excluding ortho intramolecular Hbond substituents is 2. The molecule has 0 radical (unpaired) electrons. The van der Waals surface area contributed by atoms with Gasteiger partial charge >= 0.3 is 0 Å². The van der Waals surface area contributed by atoms with Crippen LogP contribution in [0.15, 0.2) is 47.6 Å². The van der Waals surface area contributed by atoms with Crippen LogP contribution in [0.3, 0.4) is 0 Å². The number of benzene rings is 2. The fraction of sp³-hybridized carbons (Fsp3) is 0. The monoisotopic (exact) mass is 326 g/mol. The Bertz CT molecular complexity index is 656. The van der Waals surface area contributed by atoms with Crippen LogP contribution in [0, 0.1) is 0 Å². The summed E-state index contributed by atoms with van der Waals surface area (Å²) in [6.07, 6.45) is 1.41. The molecule has 118 valence electrons. The van der Waals surface area contributed by atoms with Crippen molar-refractivity contribution in [2.75, 3.05) is 0 Å². The van der Waals surface area contributed by atoms with Crippen LogP contribution in [0.2, 0.25) is 5.02 Å². The van der Waals surface area contributed by atoms with Gasteiger partial charge in [-0.05, 0) is 18.2 Å². The van der Waals surface area contributed by atoms with Gasteiger partial charge in [0.15, 0.2) is 0 Å². The maximum Gasteiger partial charge on any atom is 0.271 e. The second kappa shape index (κ2) is 8.63. The molecule has 0 heterocycles. The first-order chi connectivity index (χ1) is 9.56. The number of hydrogen-bond donors (Lipinski definition) is 3. The molecule has 0 aliphatic rings. The summed E-state index contributed by atoms with van der Waals surface area (Å²) in [5.74, 6) is -0.963. The Morgan fingerprint density at radius 3 is 2.27 bits per heavy atom. The lowest BCUT2D eigenvalue weighted by atomic mass is 10.2. The maximum absolute atomic E-state index is 11.7. The SMILES string of the molecule is O.O.O=C(N/N=C/c1ccccc1Cl)c1cc(O)cc(O)c1. The molecule has 22 heavy (non-hydrogen) atoms. The summed E-state index contributed by atoms with van der Waals surface area (Å²) in [5, 5.41) is 22.9. The van der Waals surface area contributed by atoms with Crippen LogP contribution in [-0.2, 0) is 0 Å². The third kappa shape index (κ3) is 5.06. The Balaban J connectivity index is 0.00000220. The number of halogens is 1. The molecular weight excluding hydrogens is 312 g/mol. The first-order valence-corrected chi connectivity index (χ1v) is 6.05. The molecular formula is C14H15ClN2O5. The minimum absolute atomic E-state index is 0. The van der Waals surface area contributed by atoms with Gasteiger partial charge in [0.2, 0.25) is 0 Å². The van der Waals surface area contributed by atoms with Gasteiger partial charge in [-0.25, -0.2) is 5.43 Å². The molecule has 2 aromatic carbocycles. The third-order valence-corrected chi connectivity index (χ3v) is 2.78. The van der Waals surface area contributed by atoms with E-state index in [1.54, 1.807) is 24.3 Å². The zero-order valence-corrected chi connectivity index (χ0v) is 12.0. The topological polar surface area (TPSA) is 145 Å². The predicted octanol–water partition coefficient (Wildman–Crippen LogP) is 0.866. The predicted molar refractivity (Wildman–Crippen MR) is 83.5 cm³/mol. The van der Waals surface area contributed by atoms with Crippen molar-refractivity contribution in [3.63, 3.8) is 0 Å². The van der Waals surface area contributed by atoms with Gasteiger partial charge in [0.25, 0.3) is 5.91 Å². The number of carbonyl (C=O) groups is 1. The van der Waals surface area contributed by atoms with Crippen LogP contribution in [0.5, 0.6) is 11.5 Å². The molecule has 0 bridgehead atoms. The van der Waals surface area contributed by atoms with Crippen molar-refractivity contribution in [3.8, 4) is 11.5 Å². The van der Waals surface area contributed by atoms with Crippen LogP contribution in [0.25, 0.3) is 0 Å². The van der Waals surface area contributed by atoms with Crippen molar-refractivity contribution in [3.05, 3.63) is 58.6 Å². The summed E-state index contributed by atoms with van der Waals surface area (Å²) < 4.78 is 0.